The summed E-state index contributed by atoms with van der Waals surface area (Å²) in [4.78, 5) is 12.0. The van der Waals surface area contributed by atoms with Gasteiger partial charge < -0.3 is 10.2 Å². The van der Waals surface area contributed by atoms with Crippen molar-refractivity contribution in [3.05, 3.63) is 12.2 Å². The standard InChI is InChI=1S/C20H30O3/c1-12-13-5-9-20(16(12)21)10-6-14-18(2,15(20)11-13)7-4-8-19(14,3)17(22)23/h13-16,21H,1,4-11H2,2-3H3,(H,22,23)/t13-,14-,15-,16+,18+,19+,20-/m0/s1. The van der Waals surface area contributed by atoms with Gasteiger partial charge in [-0.15, -0.1) is 0 Å². The molecule has 0 aliphatic heterocycles. The molecule has 2 N–H and O–H groups in total. The third-order valence-electron chi connectivity index (χ3n) is 8.75. The maximum Gasteiger partial charge on any atom is 0.309 e. The second-order valence-electron chi connectivity index (χ2n) is 9.41. The van der Waals surface area contributed by atoms with Crippen LogP contribution < -0.4 is 0 Å². The number of carbonyl (C=O) groups is 1. The second-order valence-corrected chi connectivity index (χ2v) is 9.41. The van der Waals surface area contributed by atoms with Crippen molar-refractivity contribution in [1.82, 2.24) is 0 Å². The first-order valence-electron chi connectivity index (χ1n) is 9.36. The number of aliphatic carboxylic acids is 1. The number of carboxylic acid groups (broad SMARTS) is 1. The molecule has 23 heavy (non-hydrogen) atoms. The third kappa shape index (κ3) is 1.72. The van der Waals surface area contributed by atoms with Crippen molar-refractivity contribution in [2.24, 2.45) is 34.0 Å². The van der Waals surface area contributed by atoms with Gasteiger partial charge in [0.25, 0.3) is 0 Å². The van der Waals surface area contributed by atoms with Gasteiger partial charge in [0.1, 0.15) is 0 Å². The molecule has 2 bridgehead atoms. The van der Waals surface area contributed by atoms with Gasteiger partial charge in [-0.05, 0) is 80.6 Å². The quantitative estimate of drug-likeness (QED) is 0.718. The van der Waals surface area contributed by atoms with E-state index in [1.807, 2.05) is 6.92 Å². The lowest BCUT2D eigenvalue weighted by Crippen LogP contribution is -2.65. The molecule has 5 aliphatic rings. The fraction of sp³-hybridized carbons (Fsp3) is 0.850. The van der Waals surface area contributed by atoms with Gasteiger partial charge >= 0.3 is 5.97 Å². The van der Waals surface area contributed by atoms with Crippen LogP contribution in [0.25, 0.3) is 0 Å². The predicted octanol–water partition coefficient (Wildman–Crippen LogP) is 4.01. The number of hydrogen-bond acceptors (Lipinski definition) is 2. The van der Waals surface area contributed by atoms with Crippen molar-refractivity contribution in [2.75, 3.05) is 0 Å². The summed E-state index contributed by atoms with van der Waals surface area (Å²) in [6, 6.07) is 0. The highest BCUT2D eigenvalue weighted by molar-refractivity contribution is 5.75. The molecule has 3 nitrogen and oxygen atoms in total. The Morgan fingerprint density at radius 3 is 2.52 bits per heavy atom. The van der Waals surface area contributed by atoms with Gasteiger partial charge in [-0.25, -0.2) is 0 Å². The van der Waals surface area contributed by atoms with Gasteiger partial charge in [-0.1, -0.05) is 19.9 Å². The van der Waals surface area contributed by atoms with Crippen molar-refractivity contribution >= 4 is 5.97 Å². The van der Waals surface area contributed by atoms with Crippen molar-refractivity contribution in [3.8, 4) is 0 Å². The zero-order valence-electron chi connectivity index (χ0n) is 14.5. The fourth-order valence-corrected chi connectivity index (χ4v) is 7.52. The smallest absolute Gasteiger partial charge is 0.309 e. The van der Waals surface area contributed by atoms with Crippen molar-refractivity contribution in [3.63, 3.8) is 0 Å². The highest BCUT2D eigenvalue weighted by Gasteiger charge is 2.67. The Morgan fingerprint density at radius 2 is 1.83 bits per heavy atom. The van der Waals surface area contributed by atoms with Crippen LogP contribution in [0, 0.1) is 34.0 Å². The van der Waals surface area contributed by atoms with Gasteiger partial charge in [0.05, 0.1) is 11.5 Å². The van der Waals surface area contributed by atoms with E-state index in [-0.39, 0.29) is 22.9 Å². The summed E-state index contributed by atoms with van der Waals surface area (Å²) in [6.45, 7) is 8.53. The van der Waals surface area contributed by atoms with E-state index >= 15 is 0 Å². The van der Waals surface area contributed by atoms with E-state index in [2.05, 4.69) is 13.5 Å². The van der Waals surface area contributed by atoms with E-state index in [9.17, 15) is 15.0 Å². The first-order valence-corrected chi connectivity index (χ1v) is 9.36. The van der Waals surface area contributed by atoms with Crippen LogP contribution in [0.15, 0.2) is 12.2 Å². The molecule has 5 rings (SSSR count). The molecular weight excluding hydrogens is 288 g/mol. The SMILES string of the molecule is C=C1[C@H]2CC[C@@]3(CC[C@H]4[C@@](C)(CCC[C@@]4(C)C(=O)O)[C@@H]3C2)[C@@H]1O. The monoisotopic (exact) mass is 318 g/mol. The topological polar surface area (TPSA) is 57.5 Å². The first-order chi connectivity index (χ1) is 10.8. The van der Waals surface area contributed by atoms with E-state index < -0.39 is 11.4 Å². The molecule has 5 aliphatic carbocycles. The molecule has 0 aromatic rings. The summed E-state index contributed by atoms with van der Waals surface area (Å²) >= 11 is 0. The molecule has 1 spiro atoms. The van der Waals surface area contributed by atoms with Gasteiger partial charge in [0.15, 0.2) is 0 Å². The zero-order chi connectivity index (χ0) is 16.6. The van der Waals surface area contributed by atoms with Gasteiger partial charge in [-0.2, -0.15) is 0 Å². The molecule has 0 heterocycles. The molecule has 0 amide bonds. The Morgan fingerprint density at radius 1 is 1.13 bits per heavy atom. The van der Waals surface area contributed by atoms with Crippen LogP contribution in [0.4, 0.5) is 0 Å². The Balaban J connectivity index is 1.78. The molecule has 0 radical (unpaired) electrons. The summed E-state index contributed by atoms with van der Waals surface area (Å²) in [6.07, 6.45) is 7.90. The van der Waals surface area contributed by atoms with Crippen LogP contribution >= 0.6 is 0 Å². The van der Waals surface area contributed by atoms with E-state index in [1.54, 1.807) is 0 Å². The summed E-state index contributed by atoms with van der Waals surface area (Å²) in [5, 5.41) is 20.9. The van der Waals surface area contributed by atoms with E-state index in [1.165, 1.54) is 6.42 Å². The van der Waals surface area contributed by atoms with E-state index in [0.29, 0.717) is 11.8 Å². The maximum absolute atomic E-state index is 12.0. The Labute approximate surface area is 139 Å². The summed E-state index contributed by atoms with van der Waals surface area (Å²) < 4.78 is 0. The molecule has 0 saturated heterocycles. The highest BCUT2D eigenvalue weighted by atomic mass is 16.4. The molecule has 5 fully saturated rings. The number of aliphatic hydroxyl groups is 1. The Bertz CT molecular complexity index is 569. The second kappa shape index (κ2) is 4.62. The summed E-state index contributed by atoms with van der Waals surface area (Å²) in [7, 11) is 0. The lowest BCUT2D eigenvalue weighted by molar-refractivity contribution is -0.211. The lowest BCUT2D eigenvalue weighted by Gasteiger charge is -2.68. The number of aliphatic hydroxyl groups excluding tert-OH is 1. The first kappa shape index (κ1) is 15.7. The van der Waals surface area contributed by atoms with Crippen molar-refractivity contribution in [1.29, 1.82) is 0 Å². The van der Waals surface area contributed by atoms with Gasteiger partial charge in [0, 0.05) is 5.41 Å². The molecule has 0 aromatic carbocycles. The van der Waals surface area contributed by atoms with Crippen LogP contribution in [0.1, 0.15) is 65.2 Å². The minimum absolute atomic E-state index is 0.0200. The maximum atomic E-state index is 12.0. The summed E-state index contributed by atoms with van der Waals surface area (Å²) in [5.74, 6) is 0.546. The van der Waals surface area contributed by atoms with Crippen LogP contribution in [0.5, 0.6) is 0 Å². The normalized spacial score (nSPS) is 55.2. The minimum Gasteiger partial charge on any atom is -0.481 e. The van der Waals surface area contributed by atoms with Gasteiger partial charge in [-0.3, -0.25) is 4.79 Å². The Kier molecular flexibility index (Phi) is 3.15. The largest absolute Gasteiger partial charge is 0.481 e. The van der Waals surface area contributed by atoms with Crippen LogP contribution in [0.2, 0.25) is 0 Å². The predicted molar refractivity (Wildman–Crippen MR) is 88.8 cm³/mol. The molecule has 7 atom stereocenters. The molecule has 5 saturated carbocycles. The molecule has 0 unspecified atom stereocenters. The van der Waals surface area contributed by atoms with Crippen LogP contribution in [-0.4, -0.2) is 22.3 Å². The van der Waals surface area contributed by atoms with Crippen LogP contribution in [0.3, 0.4) is 0 Å². The van der Waals surface area contributed by atoms with Crippen molar-refractivity contribution in [2.45, 2.75) is 71.3 Å². The molecule has 0 aromatic heterocycles. The average Bonchev–Trinajstić information content (AvgIpc) is 2.51. The minimum atomic E-state index is -0.615. The van der Waals surface area contributed by atoms with Crippen molar-refractivity contribution < 1.29 is 15.0 Å². The molecule has 128 valence electrons. The van der Waals surface area contributed by atoms with Gasteiger partial charge in [0.2, 0.25) is 0 Å². The number of hydrogen-bond donors (Lipinski definition) is 2. The number of carboxylic acids is 1. The number of rotatable bonds is 1. The summed E-state index contributed by atoms with van der Waals surface area (Å²) in [5.41, 5.74) is 0.511. The fourth-order valence-electron chi connectivity index (χ4n) is 7.52. The highest BCUT2D eigenvalue weighted by Crippen LogP contribution is 2.72. The Hall–Kier alpha value is -0.830. The van der Waals surface area contributed by atoms with E-state index in [4.69, 9.17) is 0 Å². The third-order valence-corrected chi connectivity index (χ3v) is 8.75. The number of fused-ring (bicyclic) bond motifs is 3. The van der Waals surface area contributed by atoms with E-state index in [0.717, 1.165) is 50.5 Å². The molecule has 3 heteroatoms. The zero-order valence-corrected chi connectivity index (χ0v) is 14.5. The average molecular weight is 318 g/mol. The molecular formula is C20H30O3. The lowest BCUT2D eigenvalue weighted by atomic mass is 9.36. The van der Waals surface area contributed by atoms with Crippen LogP contribution in [-0.2, 0) is 4.79 Å².